The molecule has 37 heavy (non-hydrogen) atoms. The van der Waals surface area contributed by atoms with E-state index in [0.717, 1.165) is 17.9 Å². The lowest BCUT2D eigenvalue weighted by Crippen LogP contribution is -2.39. The SMILES string of the molecule is CCN(CCOC(=O)C(C)(C)CC(C)(CC)C(=O)OC)c1ccc(N=NC2CCC([N+](=O)[O-])CC2)cc1. The monoisotopic (exact) mass is 518 g/mol. The van der Waals surface area contributed by atoms with Crippen LogP contribution in [0.2, 0.25) is 0 Å². The normalized spacial score (nSPS) is 19.7. The molecule has 1 unspecified atom stereocenters. The number of nitro groups is 1. The molecule has 1 saturated carbocycles. The highest BCUT2D eigenvalue weighted by Gasteiger charge is 2.42. The number of nitrogens with zero attached hydrogens (tertiary/aromatic N) is 4. The second kappa shape index (κ2) is 13.5. The van der Waals surface area contributed by atoms with Crippen molar-refractivity contribution < 1.29 is 24.0 Å². The quantitative estimate of drug-likeness (QED) is 0.141. The molecule has 1 aliphatic rings. The van der Waals surface area contributed by atoms with Crippen LogP contribution in [0.15, 0.2) is 34.5 Å². The van der Waals surface area contributed by atoms with E-state index in [0.29, 0.717) is 45.1 Å². The number of methoxy groups -OCH3 is 1. The molecule has 1 atom stereocenters. The average Bonchev–Trinajstić information content (AvgIpc) is 2.89. The minimum atomic E-state index is -0.828. The number of rotatable bonds is 13. The third kappa shape index (κ3) is 8.50. The van der Waals surface area contributed by atoms with Gasteiger partial charge in [0.05, 0.1) is 36.2 Å². The van der Waals surface area contributed by atoms with Gasteiger partial charge >= 0.3 is 11.9 Å². The Bertz CT molecular complexity index is 941. The van der Waals surface area contributed by atoms with E-state index in [-0.39, 0.29) is 29.5 Å². The van der Waals surface area contributed by atoms with E-state index in [1.165, 1.54) is 7.11 Å². The van der Waals surface area contributed by atoms with Gasteiger partial charge in [0, 0.05) is 30.0 Å². The van der Waals surface area contributed by atoms with Crippen molar-refractivity contribution in [2.45, 2.75) is 85.2 Å². The summed E-state index contributed by atoms with van der Waals surface area (Å²) in [6.07, 6.45) is 3.38. The molecule has 2 rings (SSSR count). The van der Waals surface area contributed by atoms with Gasteiger partial charge < -0.3 is 14.4 Å². The largest absolute Gasteiger partial charge is 0.469 e. The van der Waals surface area contributed by atoms with Crippen LogP contribution >= 0.6 is 0 Å². The molecule has 0 bridgehead atoms. The first-order valence-corrected chi connectivity index (χ1v) is 13.1. The van der Waals surface area contributed by atoms with Crippen molar-refractivity contribution in [3.8, 4) is 0 Å². The Morgan fingerprint density at radius 3 is 2.22 bits per heavy atom. The first kappa shape index (κ1) is 30.2. The fraction of sp³-hybridized carbons (Fsp3) is 0.704. The molecule has 10 heteroatoms. The van der Waals surface area contributed by atoms with Crippen LogP contribution < -0.4 is 4.90 Å². The number of hydrogen-bond acceptors (Lipinski definition) is 9. The van der Waals surface area contributed by atoms with Crippen molar-refractivity contribution in [3.05, 3.63) is 34.4 Å². The van der Waals surface area contributed by atoms with Crippen molar-refractivity contribution in [1.82, 2.24) is 0 Å². The Balaban J connectivity index is 1.88. The summed E-state index contributed by atoms with van der Waals surface area (Å²) >= 11 is 0. The predicted octanol–water partition coefficient (Wildman–Crippen LogP) is 5.73. The summed E-state index contributed by atoms with van der Waals surface area (Å²) in [5.74, 6) is -0.659. The summed E-state index contributed by atoms with van der Waals surface area (Å²) < 4.78 is 10.5. The van der Waals surface area contributed by atoms with E-state index in [1.54, 1.807) is 13.8 Å². The highest BCUT2D eigenvalue weighted by atomic mass is 16.6. The molecular weight excluding hydrogens is 476 g/mol. The van der Waals surface area contributed by atoms with E-state index in [1.807, 2.05) is 45.0 Å². The lowest BCUT2D eigenvalue weighted by atomic mass is 9.72. The molecule has 0 amide bonds. The zero-order valence-electron chi connectivity index (χ0n) is 23.1. The highest BCUT2D eigenvalue weighted by Crippen LogP contribution is 2.38. The summed E-state index contributed by atoms with van der Waals surface area (Å²) in [7, 11) is 1.36. The lowest BCUT2D eigenvalue weighted by molar-refractivity contribution is -0.526. The number of hydrogen-bond donors (Lipinski definition) is 0. The highest BCUT2D eigenvalue weighted by molar-refractivity contribution is 5.80. The van der Waals surface area contributed by atoms with E-state index < -0.39 is 16.9 Å². The Morgan fingerprint density at radius 2 is 1.70 bits per heavy atom. The van der Waals surface area contributed by atoms with Crippen LogP contribution in [0.5, 0.6) is 0 Å². The third-order valence-electron chi connectivity index (χ3n) is 7.34. The Labute approximate surface area is 219 Å². The summed E-state index contributed by atoms with van der Waals surface area (Å²) in [4.78, 5) is 37.9. The van der Waals surface area contributed by atoms with Crippen LogP contribution in [0, 0.1) is 20.9 Å². The summed E-state index contributed by atoms with van der Waals surface area (Å²) in [5.41, 5.74) is 0.132. The third-order valence-corrected chi connectivity index (χ3v) is 7.34. The second-order valence-corrected chi connectivity index (χ2v) is 10.7. The van der Waals surface area contributed by atoms with Gasteiger partial charge in [0.1, 0.15) is 6.61 Å². The molecule has 0 radical (unpaired) electrons. The molecule has 1 aliphatic carbocycles. The number of likely N-dealkylation sites (N-methyl/N-ethyl adjacent to an activating group) is 1. The van der Waals surface area contributed by atoms with Crippen molar-refractivity contribution >= 4 is 23.3 Å². The van der Waals surface area contributed by atoms with Crippen molar-refractivity contribution in [3.63, 3.8) is 0 Å². The zero-order valence-corrected chi connectivity index (χ0v) is 23.1. The van der Waals surface area contributed by atoms with Gasteiger partial charge in [-0.2, -0.15) is 10.2 Å². The Hall–Kier alpha value is -3.04. The van der Waals surface area contributed by atoms with Crippen molar-refractivity contribution in [1.29, 1.82) is 0 Å². The fourth-order valence-electron chi connectivity index (χ4n) is 4.81. The maximum Gasteiger partial charge on any atom is 0.311 e. The number of anilines is 1. The summed E-state index contributed by atoms with van der Waals surface area (Å²) in [5, 5.41) is 19.6. The van der Waals surface area contributed by atoms with E-state index >= 15 is 0 Å². The number of carbonyl (C=O) groups is 2. The molecule has 1 aromatic carbocycles. The first-order chi connectivity index (χ1) is 17.5. The molecule has 1 fully saturated rings. The van der Waals surface area contributed by atoms with Crippen LogP contribution in [0.25, 0.3) is 0 Å². The van der Waals surface area contributed by atoms with Gasteiger partial charge in [0.2, 0.25) is 6.04 Å². The molecule has 0 aliphatic heterocycles. The van der Waals surface area contributed by atoms with Crippen LogP contribution in [0.4, 0.5) is 11.4 Å². The first-order valence-electron chi connectivity index (χ1n) is 13.1. The molecule has 1 aromatic rings. The maximum absolute atomic E-state index is 12.8. The summed E-state index contributed by atoms with van der Waals surface area (Å²) in [6, 6.07) is 7.26. The van der Waals surface area contributed by atoms with Gasteiger partial charge in [-0.05, 0) is 77.6 Å². The maximum atomic E-state index is 12.8. The van der Waals surface area contributed by atoms with Crippen molar-refractivity contribution in [2.75, 3.05) is 31.7 Å². The fourth-order valence-corrected chi connectivity index (χ4v) is 4.81. The molecule has 0 saturated heterocycles. The number of azo groups is 1. The van der Waals surface area contributed by atoms with E-state index in [9.17, 15) is 19.7 Å². The van der Waals surface area contributed by atoms with Gasteiger partial charge in [0.15, 0.2) is 0 Å². The average molecular weight is 519 g/mol. The number of carbonyl (C=O) groups excluding carboxylic acids is 2. The molecule has 0 heterocycles. The van der Waals surface area contributed by atoms with Gasteiger partial charge in [-0.3, -0.25) is 19.7 Å². The molecule has 0 spiro atoms. The molecule has 0 aromatic heterocycles. The topological polar surface area (TPSA) is 124 Å². The van der Waals surface area contributed by atoms with Crippen LogP contribution in [0.3, 0.4) is 0 Å². The van der Waals surface area contributed by atoms with E-state index in [4.69, 9.17) is 9.47 Å². The van der Waals surface area contributed by atoms with Crippen molar-refractivity contribution in [2.24, 2.45) is 21.1 Å². The van der Waals surface area contributed by atoms with Gasteiger partial charge in [-0.15, -0.1) is 0 Å². The predicted molar refractivity (Wildman–Crippen MR) is 142 cm³/mol. The number of esters is 2. The molecule has 0 N–H and O–H groups in total. The smallest absolute Gasteiger partial charge is 0.311 e. The Kier molecular flexibility index (Phi) is 11.0. The Morgan fingerprint density at radius 1 is 1.08 bits per heavy atom. The van der Waals surface area contributed by atoms with E-state index in [2.05, 4.69) is 15.1 Å². The second-order valence-electron chi connectivity index (χ2n) is 10.7. The molecule has 10 nitrogen and oxygen atoms in total. The lowest BCUT2D eigenvalue weighted by Gasteiger charge is -2.33. The zero-order chi connectivity index (χ0) is 27.6. The van der Waals surface area contributed by atoms with Gasteiger partial charge in [0.25, 0.3) is 0 Å². The summed E-state index contributed by atoms with van der Waals surface area (Å²) in [6.45, 7) is 10.8. The minimum Gasteiger partial charge on any atom is -0.469 e. The molecular formula is C27H42N4O6. The van der Waals surface area contributed by atoms with Gasteiger partial charge in [-0.1, -0.05) is 6.92 Å². The number of benzene rings is 1. The standard InChI is InChI=1S/C27H42N4O6/c1-7-27(5,25(33)36-6)19-26(3,4)24(32)37-18-17-30(8-2)22-13-9-20(10-14-22)28-29-21-11-15-23(16-12-21)31(34)35/h9-10,13-14,21,23H,7-8,11-12,15-19H2,1-6H3. The minimum absolute atomic E-state index is 0.0322. The van der Waals surface area contributed by atoms with Crippen LogP contribution in [-0.4, -0.2) is 55.8 Å². The molecule has 206 valence electrons. The van der Waals surface area contributed by atoms with Crippen LogP contribution in [-0.2, 0) is 19.1 Å². The number of ether oxygens (including phenoxy) is 2. The van der Waals surface area contributed by atoms with Gasteiger partial charge in [-0.25, -0.2) is 0 Å². The van der Waals surface area contributed by atoms with Crippen LogP contribution in [0.1, 0.15) is 73.1 Å².